The lowest BCUT2D eigenvalue weighted by Gasteiger charge is -2.14. The summed E-state index contributed by atoms with van der Waals surface area (Å²) in [7, 11) is -4.01. The minimum atomic E-state index is -4.01. The molecule has 0 spiro atoms. The lowest BCUT2D eigenvalue weighted by Crippen LogP contribution is -2.31. The Morgan fingerprint density at radius 3 is 2.29 bits per heavy atom. The molecule has 1 aliphatic heterocycles. The molecule has 1 aliphatic rings. The quantitative estimate of drug-likeness (QED) is 0.192. The number of anilines is 2. The summed E-state index contributed by atoms with van der Waals surface area (Å²) in [5, 5.41) is 3.19. The Kier molecular flexibility index (Phi) is 8.19. The van der Waals surface area contributed by atoms with E-state index in [1.54, 1.807) is 36.4 Å². The average molecular weight is 629 g/mol. The van der Waals surface area contributed by atoms with Crippen LogP contribution in [0.3, 0.4) is 0 Å². The van der Waals surface area contributed by atoms with Crippen LogP contribution in [0.15, 0.2) is 104 Å². The number of benzene rings is 3. The summed E-state index contributed by atoms with van der Waals surface area (Å²) in [5.41, 5.74) is 3.23. The molecule has 0 radical (unpaired) electrons. The zero-order valence-corrected chi connectivity index (χ0v) is 24.9. The van der Waals surface area contributed by atoms with Crippen LogP contribution in [0.25, 0.3) is 0 Å². The van der Waals surface area contributed by atoms with Gasteiger partial charge in [-0.1, -0.05) is 47.1 Å². The first-order valence-corrected chi connectivity index (χ1v) is 15.3. The van der Waals surface area contributed by atoms with Crippen molar-refractivity contribution < 1.29 is 22.4 Å². The summed E-state index contributed by atoms with van der Waals surface area (Å²) in [6.45, 7) is 3.94. The maximum Gasteiger partial charge on any atom is 0.278 e. The number of sulfonamides is 1. The number of nitrogens with one attached hydrogen (secondary N) is 2. The second kappa shape index (κ2) is 11.7. The van der Waals surface area contributed by atoms with E-state index in [1.807, 2.05) is 32.0 Å². The highest BCUT2D eigenvalue weighted by molar-refractivity contribution is 8.04. The number of nitrogens with zero attached hydrogens (tertiary/aromatic N) is 1. The molecule has 41 heavy (non-hydrogen) atoms. The van der Waals surface area contributed by atoms with Gasteiger partial charge in [0.15, 0.2) is 0 Å². The lowest BCUT2D eigenvalue weighted by molar-refractivity contribution is -0.138. The number of carbonyl (C=O) groups is 2. The van der Waals surface area contributed by atoms with E-state index in [2.05, 4.69) is 10.0 Å². The van der Waals surface area contributed by atoms with Crippen LogP contribution in [0.2, 0.25) is 10.0 Å². The Labute approximate surface area is 251 Å². The van der Waals surface area contributed by atoms with Crippen molar-refractivity contribution in [2.45, 2.75) is 30.2 Å². The van der Waals surface area contributed by atoms with Crippen molar-refractivity contribution >= 4 is 68.2 Å². The fourth-order valence-electron chi connectivity index (χ4n) is 4.03. The smallest absolute Gasteiger partial charge is 0.278 e. The van der Waals surface area contributed by atoms with E-state index in [-0.39, 0.29) is 37.8 Å². The number of rotatable bonds is 9. The maximum atomic E-state index is 13.5. The third-order valence-corrected chi connectivity index (χ3v) is 9.77. The number of imide groups is 1. The summed E-state index contributed by atoms with van der Waals surface area (Å²) in [6, 6.07) is 19.8. The Hall–Kier alpha value is -3.70. The number of furan rings is 1. The van der Waals surface area contributed by atoms with E-state index in [4.69, 9.17) is 27.6 Å². The number of carbonyl (C=O) groups excluding carboxylic acids is 2. The van der Waals surface area contributed by atoms with Crippen LogP contribution >= 0.6 is 35.0 Å². The van der Waals surface area contributed by atoms with Crippen LogP contribution < -0.4 is 10.0 Å². The molecule has 5 rings (SSSR count). The third-order valence-electron chi connectivity index (χ3n) is 6.33. The topological polar surface area (TPSA) is 109 Å². The molecule has 2 amide bonds. The van der Waals surface area contributed by atoms with Crippen LogP contribution in [-0.2, 0) is 26.2 Å². The van der Waals surface area contributed by atoms with Gasteiger partial charge in [-0.2, -0.15) is 0 Å². The standard InChI is InChI=1S/C29H23Cl2N3O5S2/c1-17-8-9-20(15-18(17)2)32-26-27(29(36)34(28(26)35)16-21-5-4-14-39-21)40-22-12-10-19(11-13-22)33-41(37,38)24-7-3-6-23(30)25(24)31/h3-15,32-33H,16H2,1-2H3. The van der Waals surface area contributed by atoms with Crippen molar-refractivity contribution in [3.8, 4) is 0 Å². The van der Waals surface area contributed by atoms with Crippen molar-refractivity contribution in [1.82, 2.24) is 4.90 Å². The first-order valence-electron chi connectivity index (χ1n) is 12.3. The summed E-state index contributed by atoms with van der Waals surface area (Å²) in [4.78, 5) is 28.7. The van der Waals surface area contributed by atoms with Gasteiger partial charge in [0, 0.05) is 16.3 Å². The second-order valence-electron chi connectivity index (χ2n) is 9.19. The molecule has 1 aromatic heterocycles. The highest BCUT2D eigenvalue weighted by Crippen LogP contribution is 2.37. The lowest BCUT2D eigenvalue weighted by atomic mass is 10.1. The summed E-state index contributed by atoms with van der Waals surface area (Å²) < 4.78 is 33.6. The molecule has 0 bridgehead atoms. The van der Waals surface area contributed by atoms with E-state index >= 15 is 0 Å². The van der Waals surface area contributed by atoms with Gasteiger partial charge in [0.1, 0.15) is 21.3 Å². The predicted molar refractivity (Wildman–Crippen MR) is 160 cm³/mol. The van der Waals surface area contributed by atoms with Crippen LogP contribution in [-0.4, -0.2) is 25.1 Å². The molecule has 8 nitrogen and oxygen atoms in total. The third kappa shape index (κ3) is 6.15. The van der Waals surface area contributed by atoms with Gasteiger partial charge >= 0.3 is 0 Å². The molecule has 0 aliphatic carbocycles. The fourth-order valence-corrected chi connectivity index (χ4v) is 6.80. The number of amides is 2. The van der Waals surface area contributed by atoms with E-state index < -0.39 is 21.8 Å². The number of hydrogen-bond acceptors (Lipinski definition) is 7. The molecule has 2 N–H and O–H groups in total. The molecule has 0 saturated carbocycles. The summed E-state index contributed by atoms with van der Waals surface area (Å²) >= 11 is 13.2. The largest absolute Gasteiger partial charge is 0.467 e. The van der Waals surface area contributed by atoms with E-state index in [1.165, 1.54) is 24.5 Å². The molecule has 12 heteroatoms. The summed E-state index contributed by atoms with van der Waals surface area (Å²) in [6.07, 6.45) is 1.48. The number of halogens is 2. The molecule has 2 heterocycles. The van der Waals surface area contributed by atoms with Crippen LogP contribution in [0, 0.1) is 13.8 Å². The first kappa shape index (κ1) is 28.8. The molecule has 0 fully saturated rings. The van der Waals surface area contributed by atoms with Gasteiger partial charge in [-0.05, 0) is 85.6 Å². The zero-order chi connectivity index (χ0) is 29.3. The summed E-state index contributed by atoms with van der Waals surface area (Å²) in [5.74, 6) is -0.474. The Bertz CT molecular complexity index is 1790. The normalized spacial score (nSPS) is 13.7. The average Bonchev–Trinajstić information content (AvgIpc) is 3.52. The van der Waals surface area contributed by atoms with Gasteiger partial charge < -0.3 is 9.73 Å². The fraction of sp³-hybridized carbons (Fsp3) is 0.103. The Balaban J connectivity index is 1.41. The minimum Gasteiger partial charge on any atom is -0.467 e. The molecule has 210 valence electrons. The molecule has 4 aromatic rings. The zero-order valence-electron chi connectivity index (χ0n) is 21.8. The van der Waals surface area contributed by atoms with Gasteiger partial charge in [-0.25, -0.2) is 8.42 Å². The van der Waals surface area contributed by atoms with Gasteiger partial charge in [0.25, 0.3) is 21.8 Å². The van der Waals surface area contributed by atoms with Gasteiger partial charge in [0.05, 0.1) is 22.9 Å². The number of hydrogen-bond donors (Lipinski definition) is 2. The van der Waals surface area contributed by atoms with Gasteiger partial charge in [-0.15, -0.1) is 0 Å². The van der Waals surface area contributed by atoms with Crippen LogP contribution in [0.1, 0.15) is 16.9 Å². The Morgan fingerprint density at radius 1 is 0.878 bits per heavy atom. The van der Waals surface area contributed by atoms with Crippen molar-refractivity contribution in [1.29, 1.82) is 0 Å². The Morgan fingerprint density at radius 2 is 1.61 bits per heavy atom. The number of aryl methyl sites for hydroxylation is 2. The molecule has 0 saturated heterocycles. The van der Waals surface area contributed by atoms with Gasteiger partial charge in [0.2, 0.25) is 0 Å². The molecule has 0 unspecified atom stereocenters. The number of thioether (sulfide) groups is 1. The highest BCUT2D eigenvalue weighted by atomic mass is 35.5. The van der Waals surface area contributed by atoms with E-state index in [0.29, 0.717) is 16.3 Å². The monoisotopic (exact) mass is 627 g/mol. The van der Waals surface area contributed by atoms with Crippen molar-refractivity contribution in [2.24, 2.45) is 0 Å². The van der Waals surface area contributed by atoms with E-state index in [9.17, 15) is 18.0 Å². The van der Waals surface area contributed by atoms with Crippen LogP contribution in [0.5, 0.6) is 0 Å². The van der Waals surface area contributed by atoms with Crippen LogP contribution in [0.4, 0.5) is 11.4 Å². The predicted octanol–water partition coefficient (Wildman–Crippen LogP) is 6.99. The molecule has 0 atom stereocenters. The molecular weight excluding hydrogens is 605 g/mol. The second-order valence-corrected chi connectivity index (χ2v) is 12.7. The molecule has 3 aromatic carbocycles. The molecular formula is C29H23Cl2N3O5S2. The van der Waals surface area contributed by atoms with Gasteiger partial charge in [-0.3, -0.25) is 19.2 Å². The van der Waals surface area contributed by atoms with E-state index in [0.717, 1.165) is 27.8 Å². The minimum absolute atomic E-state index is 0.0143. The first-order chi connectivity index (χ1) is 19.5. The maximum absolute atomic E-state index is 13.5. The SMILES string of the molecule is Cc1ccc(NC2=C(Sc3ccc(NS(=O)(=O)c4cccc(Cl)c4Cl)cc3)C(=O)N(Cc3ccco3)C2=O)cc1C. The van der Waals surface area contributed by atoms with Crippen molar-refractivity contribution in [3.63, 3.8) is 0 Å². The highest BCUT2D eigenvalue weighted by Gasteiger charge is 2.39. The van der Waals surface area contributed by atoms with Crippen molar-refractivity contribution in [2.75, 3.05) is 10.0 Å². The van der Waals surface area contributed by atoms with Crippen molar-refractivity contribution in [3.05, 3.63) is 117 Å².